The molecular formula is C9H12N2O. The monoisotopic (exact) mass is 164 g/mol. The number of pyridine rings is 1. The van der Waals surface area contributed by atoms with Crippen LogP contribution in [0.1, 0.15) is 11.1 Å². The van der Waals surface area contributed by atoms with Crippen molar-refractivity contribution >= 4 is 0 Å². The van der Waals surface area contributed by atoms with Crippen molar-refractivity contribution in [1.82, 2.24) is 4.98 Å². The molecule has 2 rings (SSSR count). The van der Waals surface area contributed by atoms with E-state index >= 15 is 0 Å². The standard InChI is InChI=1S/C9H12N2O/c1-7-2-8(4-11-3-7)9(10)5-12-6-9/h2-4H,5-6,10H2,1H3. The van der Waals surface area contributed by atoms with Crippen LogP contribution in [0.5, 0.6) is 0 Å². The quantitative estimate of drug-likeness (QED) is 0.660. The van der Waals surface area contributed by atoms with E-state index in [4.69, 9.17) is 10.5 Å². The SMILES string of the molecule is Cc1cncc(C2(N)COC2)c1. The van der Waals surface area contributed by atoms with E-state index in [1.807, 2.05) is 19.3 Å². The Bertz CT molecular complexity index is 294. The third-order valence-electron chi connectivity index (χ3n) is 2.17. The molecule has 0 aliphatic carbocycles. The summed E-state index contributed by atoms with van der Waals surface area (Å²) in [7, 11) is 0. The van der Waals surface area contributed by atoms with Gasteiger partial charge in [0.15, 0.2) is 0 Å². The molecule has 1 aromatic rings. The number of nitrogens with zero attached hydrogens (tertiary/aromatic N) is 1. The molecule has 3 heteroatoms. The van der Waals surface area contributed by atoms with Gasteiger partial charge in [-0.1, -0.05) is 6.07 Å². The van der Waals surface area contributed by atoms with Crippen LogP contribution in [0.25, 0.3) is 0 Å². The number of nitrogens with two attached hydrogens (primary N) is 1. The maximum Gasteiger partial charge on any atom is 0.0898 e. The molecule has 0 atom stereocenters. The Labute approximate surface area is 71.6 Å². The van der Waals surface area contributed by atoms with Crippen LogP contribution in [0.4, 0.5) is 0 Å². The molecule has 1 fully saturated rings. The van der Waals surface area contributed by atoms with Crippen LogP contribution in [0.2, 0.25) is 0 Å². The molecule has 0 bridgehead atoms. The molecule has 2 heterocycles. The van der Waals surface area contributed by atoms with E-state index in [1.54, 1.807) is 0 Å². The van der Waals surface area contributed by atoms with Crippen molar-refractivity contribution in [3.63, 3.8) is 0 Å². The highest BCUT2D eigenvalue weighted by Crippen LogP contribution is 2.25. The average Bonchev–Trinajstić information content (AvgIpc) is 2.00. The Morgan fingerprint density at radius 2 is 2.25 bits per heavy atom. The summed E-state index contributed by atoms with van der Waals surface area (Å²) in [5.74, 6) is 0. The summed E-state index contributed by atoms with van der Waals surface area (Å²) in [4.78, 5) is 4.10. The summed E-state index contributed by atoms with van der Waals surface area (Å²) in [6, 6.07) is 2.06. The predicted octanol–water partition coefficient (Wildman–Crippen LogP) is 0.574. The third-order valence-corrected chi connectivity index (χ3v) is 2.17. The van der Waals surface area contributed by atoms with E-state index in [2.05, 4.69) is 11.1 Å². The minimum absolute atomic E-state index is 0.279. The zero-order valence-corrected chi connectivity index (χ0v) is 7.08. The fraction of sp³-hybridized carbons (Fsp3) is 0.444. The van der Waals surface area contributed by atoms with Gasteiger partial charge in [0.2, 0.25) is 0 Å². The molecule has 0 radical (unpaired) electrons. The molecule has 1 saturated heterocycles. The molecule has 64 valence electrons. The normalized spacial score (nSPS) is 20.2. The highest BCUT2D eigenvalue weighted by molar-refractivity contribution is 5.26. The number of hydrogen-bond donors (Lipinski definition) is 1. The van der Waals surface area contributed by atoms with Crippen molar-refractivity contribution < 1.29 is 4.74 Å². The molecule has 0 aromatic carbocycles. The molecule has 12 heavy (non-hydrogen) atoms. The van der Waals surface area contributed by atoms with Crippen molar-refractivity contribution in [3.8, 4) is 0 Å². The maximum absolute atomic E-state index is 6.03. The second-order valence-corrected chi connectivity index (χ2v) is 3.40. The Kier molecular flexibility index (Phi) is 1.63. The Morgan fingerprint density at radius 1 is 1.50 bits per heavy atom. The van der Waals surface area contributed by atoms with Gasteiger partial charge in [-0.15, -0.1) is 0 Å². The number of hydrogen-bond acceptors (Lipinski definition) is 3. The molecule has 1 aromatic heterocycles. The third kappa shape index (κ3) is 1.11. The van der Waals surface area contributed by atoms with Crippen LogP contribution in [-0.4, -0.2) is 18.2 Å². The molecule has 1 aliphatic heterocycles. The number of aryl methyl sites for hydroxylation is 1. The Hall–Kier alpha value is -0.930. The fourth-order valence-corrected chi connectivity index (χ4v) is 1.32. The minimum atomic E-state index is -0.279. The first-order valence-corrected chi connectivity index (χ1v) is 3.99. The van der Waals surface area contributed by atoms with E-state index in [0.717, 1.165) is 11.1 Å². The topological polar surface area (TPSA) is 48.1 Å². The lowest BCUT2D eigenvalue weighted by molar-refractivity contribution is -0.0570. The molecule has 0 saturated carbocycles. The van der Waals surface area contributed by atoms with Crippen LogP contribution >= 0.6 is 0 Å². The zero-order valence-electron chi connectivity index (χ0n) is 7.08. The highest BCUT2D eigenvalue weighted by Gasteiger charge is 2.36. The maximum atomic E-state index is 6.03. The summed E-state index contributed by atoms with van der Waals surface area (Å²) in [6.07, 6.45) is 3.64. The summed E-state index contributed by atoms with van der Waals surface area (Å²) < 4.78 is 5.08. The number of aromatic nitrogens is 1. The Morgan fingerprint density at radius 3 is 2.75 bits per heavy atom. The molecular weight excluding hydrogens is 152 g/mol. The van der Waals surface area contributed by atoms with E-state index in [9.17, 15) is 0 Å². The van der Waals surface area contributed by atoms with E-state index in [1.165, 1.54) is 0 Å². The van der Waals surface area contributed by atoms with Gasteiger partial charge in [-0.3, -0.25) is 4.98 Å². The lowest BCUT2D eigenvalue weighted by Crippen LogP contribution is -2.54. The van der Waals surface area contributed by atoms with Crippen molar-refractivity contribution in [2.75, 3.05) is 13.2 Å². The van der Waals surface area contributed by atoms with Crippen LogP contribution in [0, 0.1) is 6.92 Å². The summed E-state index contributed by atoms with van der Waals surface area (Å²) in [5, 5.41) is 0. The molecule has 2 N–H and O–H groups in total. The van der Waals surface area contributed by atoms with Crippen molar-refractivity contribution in [3.05, 3.63) is 29.6 Å². The van der Waals surface area contributed by atoms with Crippen LogP contribution in [0.15, 0.2) is 18.5 Å². The van der Waals surface area contributed by atoms with E-state index in [0.29, 0.717) is 13.2 Å². The molecule has 0 spiro atoms. The van der Waals surface area contributed by atoms with Gasteiger partial charge in [-0.2, -0.15) is 0 Å². The van der Waals surface area contributed by atoms with Gasteiger partial charge in [0, 0.05) is 12.4 Å². The summed E-state index contributed by atoms with van der Waals surface area (Å²) in [5.41, 5.74) is 7.97. The van der Waals surface area contributed by atoms with Crippen LogP contribution < -0.4 is 5.73 Å². The molecule has 0 unspecified atom stereocenters. The van der Waals surface area contributed by atoms with Gasteiger partial charge >= 0.3 is 0 Å². The average molecular weight is 164 g/mol. The van der Waals surface area contributed by atoms with Gasteiger partial charge in [-0.25, -0.2) is 0 Å². The van der Waals surface area contributed by atoms with Gasteiger partial charge in [0.05, 0.1) is 18.8 Å². The van der Waals surface area contributed by atoms with E-state index < -0.39 is 0 Å². The van der Waals surface area contributed by atoms with Gasteiger partial charge < -0.3 is 10.5 Å². The lowest BCUT2D eigenvalue weighted by atomic mass is 9.90. The number of ether oxygens (including phenoxy) is 1. The smallest absolute Gasteiger partial charge is 0.0898 e. The first kappa shape index (κ1) is 7.71. The Balaban J connectivity index is 2.33. The summed E-state index contributed by atoms with van der Waals surface area (Å²) >= 11 is 0. The molecule has 1 aliphatic rings. The largest absolute Gasteiger partial charge is 0.377 e. The van der Waals surface area contributed by atoms with E-state index in [-0.39, 0.29) is 5.54 Å². The van der Waals surface area contributed by atoms with Gasteiger partial charge in [-0.05, 0) is 18.1 Å². The molecule has 3 nitrogen and oxygen atoms in total. The summed E-state index contributed by atoms with van der Waals surface area (Å²) in [6.45, 7) is 3.23. The van der Waals surface area contributed by atoms with Crippen molar-refractivity contribution in [2.24, 2.45) is 5.73 Å². The fourth-order valence-electron chi connectivity index (χ4n) is 1.32. The predicted molar refractivity (Wildman–Crippen MR) is 45.7 cm³/mol. The minimum Gasteiger partial charge on any atom is -0.377 e. The second kappa shape index (κ2) is 2.54. The van der Waals surface area contributed by atoms with Gasteiger partial charge in [0.25, 0.3) is 0 Å². The number of rotatable bonds is 1. The van der Waals surface area contributed by atoms with Gasteiger partial charge in [0.1, 0.15) is 0 Å². The zero-order chi connectivity index (χ0) is 8.60. The molecule has 0 amide bonds. The first-order chi connectivity index (χ1) is 5.71. The van der Waals surface area contributed by atoms with Crippen molar-refractivity contribution in [1.29, 1.82) is 0 Å². The van der Waals surface area contributed by atoms with Crippen LogP contribution in [0.3, 0.4) is 0 Å². The van der Waals surface area contributed by atoms with Crippen LogP contribution in [-0.2, 0) is 10.3 Å². The lowest BCUT2D eigenvalue weighted by Gasteiger charge is -2.37. The first-order valence-electron chi connectivity index (χ1n) is 3.99. The second-order valence-electron chi connectivity index (χ2n) is 3.40. The van der Waals surface area contributed by atoms with Crippen molar-refractivity contribution in [2.45, 2.75) is 12.5 Å². The highest BCUT2D eigenvalue weighted by atomic mass is 16.5.